The van der Waals surface area contributed by atoms with Crippen molar-refractivity contribution >= 4 is 17.6 Å². The number of nitrogens with zero attached hydrogens (tertiary/aromatic N) is 2. The van der Waals surface area contributed by atoms with E-state index in [-0.39, 0.29) is 18.1 Å². The monoisotopic (exact) mass is 209 g/mol. The SMILES string of the molecule is CNC(=O)CNc1ccc(C(N)=O)nn1. The van der Waals surface area contributed by atoms with Gasteiger partial charge in [0.1, 0.15) is 5.82 Å². The molecule has 0 radical (unpaired) electrons. The van der Waals surface area contributed by atoms with Crippen molar-refractivity contribution < 1.29 is 9.59 Å². The smallest absolute Gasteiger partial charge is 0.269 e. The number of amides is 2. The maximum absolute atomic E-state index is 10.9. The Morgan fingerprint density at radius 1 is 1.40 bits per heavy atom. The van der Waals surface area contributed by atoms with Crippen molar-refractivity contribution in [3.8, 4) is 0 Å². The Bertz CT molecular complexity index is 362. The van der Waals surface area contributed by atoms with Crippen LogP contribution in [0, 0.1) is 0 Å². The van der Waals surface area contributed by atoms with Gasteiger partial charge in [0.2, 0.25) is 5.91 Å². The van der Waals surface area contributed by atoms with E-state index in [1.54, 1.807) is 0 Å². The van der Waals surface area contributed by atoms with Gasteiger partial charge in [-0.2, -0.15) is 0 Å². The van der Waals surface area contributed by atoms with Gasteiger partial charge < -0.3 is 16.4 Å². The van der Waals surface area contributed by atoms with Crippen molar-refractivity contribution in [2.75, 3.05) is 18.9 Å². The van der Waals surface area contributed by atoms with Crippen molar-refractivity contribution in [1.82, 2.24) is 15.5 Å². The van der Waals surface area contributed by atoms with E-state index in [0.717, 1.165) is 0 Å². The fraction of sp³-hybridized carbons (Fsp3) is 0.250. The molecule has 0 aromatic carbocycles. The normalized spacial score (nSPS) is 9.40. The molecule has 0 aliphatic heterocycles. The molecule has 2 amide bonds. The van der Waals surface area contributed by atoms with Crippen LogP contribution < -0.4 is 16.4 Å². The maximum atomic E-state index is 10.9. The van der Waals surface area contributed by atoms with Crippen LogP contribution in [0.2, 0.25) is 0 Å². The summed E-state index contributed by atoms with van der Waals surface area (Å²) in [5.74, 6) is -0.403. The maximum Gasteiger partial charge on any atom is 0.269 e. The van der Waals surface area contributed by atoms with Crippen LogP contribution in [0.25, 0.3) is 0 Å². The zero-order chi connectivity index (χ0) is 11.3. The molecule has 0 saturated heterocycles. The number of nitrogens with one attached hydrogen (secondary N) is 2. The zero-order valence-corrected chi connectivity index (χ0v) is 8.15. The van der Waals surface area contributed by atoms with Crippen LogP contribution in [0.15, 0.2) is 12.1 Å². The van der Waals surface area contributed by atoms with Gasteiger partial charge in [-0.05, 0) is 12.1 Å². The van der Waals surface area contributed by atoms with Crippen molar-refractivity contribution in [2.45, 2.75) is 0 Å². The topological polar surface area (TPSA) is 110 Å². The summed E-state index contributed by atoms with van der Waals surface area (Å²) in [7, 11) is 1.53. The number of nitrogens with two attached hydrogens (primary N) is 1. The molecule has 0 bridgehead atoms. The third-order valence-corrected chi connectivity index (χ3v) is 1.63. The highest BCUT2D eigenvalue weighted by atomic mass is 16.2. The number of aromatic nitrogens is 2. The van der Waals surface area contributed by atoms with Gasteiger partial charge in [0.05, 0.1) is 6.54 Å². The quantitative estimate of drug-likeness (QED) is 0.573. The lowest BCUT2D eigenvalue weighted by Gasteiger charge is -2.03. The average molecular weight is 209 g/mol. The molecule has 15 heavy (non-hydrogen) atoms. The second-order valence-corrected chi connectivity index (χ2v) is 2.69. The molecule has 7 heteroatoms. The van der Waals surface area contributed by atoms with Gasteiger partial charge in [-0.15, -0.1) is 10.2 Å². The Kier molecular flexibility index (Phi) is 3.55. The van der Waals surface area contributed by atoms with Crippen molar-refractivity contribution in [1.29, 1.82) is 0 Å². The molecule has 1 aromatic heterocycles. The van der Waals surface area contributed by atoms with E-state index in [2.05, 4.69) is 20.8 Å². The summed E-state index contributed by atoms with van der Waals surface area (Å²) in [6.45, 7) is 0.0983. The molecular weight excluding hydrogens is 198 g/mol. The van der Waals surface area contributed by atoms with Gasteiger partial charge in [0.15, 0.2) is 5.69 Å². The minimum atomic E-state index is -0.639. The Morgan fingerprint density at radius 3 is 2.60 bits per heavy atom. The number of hydrogen-bond donors (Lipinski definition) is 3. The van der Waals surface area contributed by atoms with Crippen LogP contribution in [0.1, 0.15) is 10.5 Å². The van der Waals surface area contributed by atoms with Gasteiger partial charge in [-0.25, -0.2) is 0 Å². The number of anilines is 1. The van der Waals surface area contributed by atoms with Gasteiger partial charge in [0, 0.05) is 7.05 Å². The van der Waals surface area contributed by atoms with E-state index in [1.165, 1.54) is 19.2 Å². The number of primary amides is 1. The summed E-state index contributed by atoms with van der Waals surface area (Å²) in [5, 5.41) is 12.4. The minimum absolute atomic E-state index is 0.0838. The third-order valence-electron chi connectivity index (χ3n) is 1.63. The molecule has 0 aliphatic rings. The molecule has 80 valence electrons. The van der Waals surface area contributed by atoms with E-state index in [4.69, 9.17) is 5.73 Å². The highest BCUT2D eigenvalue weighted by molar-refractivity contribution is 5.90. The largest absolute Gasteiger partial charge is 0.364 e. The first-order valence-electron chi connectivity index (χ1n) is 4.21. The first-order chi connectivity index (χ1) is 7.13. The Balaban J connectivity index is 2.57. The lowest BCUT2D eigenvalue weighted by molar-refractivity contribution is -0.118. The number of carbonyl (C=O) groups is 2. The second-order valence-electron chi connectivity index (χ2n) is 2.69. The summed E-state index contributed by atoms with van der Waals surface area (Å²) in [6.07, 6.45) is 0. The predicted octanol–water partition coefficient (Wildman–Crippen LogP) is -1.27. The Morgan fingerprint density at radius 2 is 2.13 bits per heavy atom. The lowest BCUT2D eigenvalue weighted by Crippen LogP contribution is -2.26. The highest BCUT2D eigenvalue weighted by Crippen LogP contribution is 2.00. The first kappa shape index (κ1) is 10.9. The molecule has 1 heterocycles. The molecule has 4 N–H and O–H groups in total. The molecule has 0 unspecified atom stereocenters. The number of hydrogen-bond acceptors (Lipinski definition) is 5. The summed E-state index contributed by atoms with van der Waals surface area (Å²) < 4.78 is 0. The summed E-state index contributed by atoms with van der Waals surface area (Å²) >= 11 is 0. The molecule has 0 saturated carbocycles. The highest BCUT2D eigenvalue weighted by Gasteiger charge is 2.03. The van der Waals surface area contributed by atoms with Crippen molar-refractivity contribution in [3.05, 3.63) is 17.8 Å². The fourth-order valence-corrected chi connectivity index (χ4v) is 0.817. The van der Waals surface area contributed by atoms with Crippen LogP contribution in [0.3, 0.4) is 0 Å². The van der Waals surface area contributed by atoms with Crippen molar-refractivity contribution in [3.63, 3.8) is 0 Å². The van der Waals surface area contributed by atoms with Gasteiger partial charge >= 0.3 is 0 Å². The first-order valence-corrected chi connectivity index (χ1v) is 4.21. The Hall–Kier alpha value is -2.18. The van der Waals surface area contributed by atoms with E-state index >= 15 is 0 Å². The summed E-state index contributed by atoms with van der Waals surface area (Å²) in [5.41, 5.74) is 5.07. The van der Waals surface area contributed by atoms with Crippen molar-refractivity contribution in [2.24, 2.45) is 5.73 Å². The fourth-order valence-electron chi connectivity index (χ4n) is 0.817. The third kappa shape index (κ3) is 3.22. The molecule has 0 aliphatic carbocycles. The molecule has 0 atom stereocenters. The average Bonchev–Trinajstić information content (AvgIpc) is 2.26. The van der Waals surface area contributed by atoms with E-state index in [1.807, 2.05) is 0 Å². The molecule has 0 spiro atoms. The lowest BCUT2D eigenvalue weighted by atomic mass is 10.4. The zero-order valence-electron chi connectivity index (χ0n) is 8.15. The van der Waals surface area contributed by atoms with Crippen LogP contribution >= 0.6 is 0 Å². The summed E-state index contributed by atoms with van der Waals surface area (Å²) in [6, 6.07) is 2.96. The number of rotatable bonds is 4. The van der Waals surface area contributed by atoms with Gasteiger partial charge in [-0.3, -0.25) is 9.59 Å². The molecule has 0 fully saturated rings. The van der Waals surface area contributed by atoms with Crippen LogP contribution in [0.5, 0.6) is 0 Å². The van der Waals surface area contributed by atoms with E-state index in [9.17, 15) is 9.59 Å². The van der Waals surface area contributed by atoms with Crippen LogP contribution in [0.4, 0.5) is 5.82 Å². The molecule has 1 aromatic rings. The predicted molar refractivity (Wildman–Crippen MR) is 53.1 cm³/mol. The molecule has 7 nitrogen and oxygen atoms in total. The molecule has 1 rings (SSSR count). The van der Waals surface area contributed by atoms with Gasteiger partial charge in [0.25, 0.3) is 5.91 Å². The van der Waals surface area contributed by atoms with Gasteiger partial charge in [-0.1, -0.05) is 0 Å². The minimum Gasteiger partial charge on any atom is -0.364 e. The van der Waals surface area contributed by atoms with E-state index < -0.39 is 5.91 Å². The molecular formula is C8H11N5O2. The van der Waals surface area contributed by atoms with Crippen LogP contribution in [-0.2, 0) is 4.79 Å². The number of likely N-dealkylation sites (N-methyl/N-ethyl adjacent to an activating group) is 1. The standard InChI is InChI=1S/C8H11N5O2/c1-10-7(14)4-11-6-3-2-5(8(9)15)12-13-6/h2-3H,4H2,1H3,(H2,9,15)(H,10,14)(H,11,13). The summed E-state index contributed by atoms with van der Waals surface area (Å²) in [4.78, 5) is 21.5. The van der Waals surface area contributed by atoms with Crippen LogP contribution in [-0.4, -0.2) is 35.6 Å². The Labute approximate surface area is 86.1 Å². The van der Waals surface area contributed by atoms with E-state index in [0.29, 0.717) is 5.82 Å². The second kappa shape index (κ2) is 4.89. The number of carbonyl (C=O) groups excluding carboxylic acids is 2.